The summed E-state index contributed by atoms with van der Waals surface area (Å²) in [7, 11) is 0. The van der Waals surface area contributed by atoms with Gasteiger partial charge in [-0.15, -0.1) is 0 Å². The Morgan fingerprint density at radius 2 is 1.29 bits per heavy atom. The number of hydrogen-bond acceptors (Lipinski definition) is 0. The van der Waals surface area contributed by atoms with Crippen LogP contribution >= 0.6 is 0 Å². The van der Waals surface area contributed by atoms with Crippen LogP contribution in [0.15, 0.2) is 0 Å². The van der Waals surface area contributed by atoms with Crippen LogP contribution in [-0.2, 0) is 0 Å². The highest BCUT2D eigenvalue weighted by molar-refractivity contribution is 4.81. The van der Waals surface area contributed by atoms with Crippen molar-refractivity contribution >= 4 is 0 Å². The maximum Gasteiger partial charge on any atom is 0.238 e. The fourth-order valence-corrected chi connectivity index (χ4v) is 3.90. The molecule has 17 heavy (non-hydrogen) atoms. The first-order chi connectivity index (χ1) is 8.15. The Bertz CT molecular complexity index is 211. The molecule has 2 rings (SSSR count). The minimum Gasteiger partial charge on any atom is -0.211 e. The van der Waals surface area contributed by atoms with E-state index in [-0.39, 0.29) is 6.42 Å². The lowest BCUT2D eigenvalue weighted by Crippen LogP contribution is -2.25. The quantitative estimate of drug-likeness (QED) is 0.634. The predicted octanol–water partition coefficient (Wildman–Crippen LogP) is 5.27. The summed E-state index contributed by atoms with van der Waals surface area (Å²) >= 11 is 0. The Hall–Kier alpha value is -0.140. The molecule has 0 amide bonds. The van der Waals surface area contributed by atoms with Gasteiger partial charge in [-0.25, -0.2) is 8.78 Å². The van der Waals surface area contributed by atoms with Crippen molar-refractivity contribution in [3.63, 3.8) is 0 Å². The zero-order valence-electron chi connectivity index (χ0n) is 11.0. The standard InChI is InChI=1S/C15H26F2/c1-11-2-6-13(7-3-11)14-8-4-12(5-9-14)10-15(16)17/h11-15H,2-10H2,1H3/t11-,12-,13-,14-. The zero-order valence-corrected chi connectivity index (χ0v) is 11.0. The van der Waals surface area contributed by atoms with Gasteiger partial charge in [-0.05, 0) is 62.2 Å². The van der Waals surface area contributed by atoms with Crippen molar-refractivity contribution in [1.82, 2.24) is 0 Å². The van der Waals surface area contributed by atoms with Crippen LogP contribution in [0.3, 0.4) is 0 Å². The second-order valence-corrected chi connectivity index (χ2v) is 6.43. The first-order valence-electron chi connectivity index (χ1n) is 7.43. The molecule has 0 aromatic rings. The summed E-state index contributed by atoms with van der Waals surface area (Å²) in [5, 5.41) is 0. The van der Waals surface area contributed by atoms with Gasteiger partial charge in [-0.2, -0.15) is 0 Å². The number of hydrogen-bond donors (Lipinski definition) is 0. The molecule has 2 aliphatic rings. The van der Waals surface area contributed by atoms with Gasteiger partial charge in [0.2, 0.25) is 6.43 Å². The van der Waals surface area contributed by atoms with E-state index in [1.807, 2.05) is 0 Å². The van der Waals surface area contributed by atoms with Gasteiger partial charge in [0.15, 0.2) is 0 Å². The number of alkyl halides is 2. The van der Waals surface area contributed by atoms with Crippen LogP contribution in [0.2, 0.25) is 0 Å². The third-order valence-corrected chi connectivity index (χ3v) is 5.13. The van der Waals surface area contributed by atoms with Crippen molar-refractivity contribution < 1.29 is 8.78 Å². The summed E-state index contributed by atoms with van der Waals surface area (Å²) in [4.78, 5) is 0. The Balaban J connectivity index is 1.71. The van der Waals surface area contributed by atoms with E-state index in [1.54, 1.807) is 0 Å². The molecule has 0 aliphatic heterocycles. The largest absolute Gasteiger partial charge is 0.238 e. The normalized spacial score (nSPS) is 39.5. The average molecular weight is 244 g/mol. The SMILES string of the molecule is C[C@H]1CC[C@H]([C@H]2CC[C@H](CC(F)F)CC2)CC1. The van der Waals surface area contributed by atoms with E-state index >= 15 is 0 Å². The fraction of sp³-hybridized carbons (Fsp3) is 1.00. The molecule has 0 aromatic heterocycles. The molecular formula is C15H26F2. The van der Waals surface area contributed by atoms with Crippen LogP contribution in [0.25, 0.3) is 0 Å². The summed E-state index contributed by atoms with van der Waals surface area (Å²) in [5.41, 5.74) is 0. The van der Waals surface area contributed by atoms with Crippen LogP contribution in [0.1, 0.15) is 64.7 Å². The minimum absolute atomic E-state index is 0.147. The third kappa shape index (κ3) is 3.93. The molecule has 2 saturated carbocycles. The van der Waals surface area contributed by atoms with Crippen LogP contribution in [0, 0.1) is 23.7 Å². The highest BCUT2D eigenvalue weighted by atomic mass is 19.3. The van der Waals surface area contributed by atoms with Crippen LogP contribution in [-0.4, -0.2) is 6.43 Å². The Morgan fingerprint density at radius 1 is 0.824 bits per heavy atom. The van der Waals surface area contributed by atoms with E-state index in [1.165, 1.54) is 38.5 Å². The fourth-order valence-electron chi connectivity index (χ4n) is 3.90. The molecule has 2 aliphatic carbocycles. The molecule has 0 nitrogen and oxygen atoms in total. The van der Waals surface area contributed by atoms with Gasteiger partial charge >= 0.3 is 0 Å². The molecule has 0 saturated heterocycles. The Labute approximate surface area is 104 Å². The molecule has 2 heteroatoms. The minimum atomic E-state index is -2.09. The van der Waals surface area contributed by atoms with Gasteiger partial charge in [0.05, 0.1) is 0 Å². The maximum atomic E-state index is 12.3. The Morgan fingerprint density at radius 3 is 1.76 bits per heavy atom. The topological polar surface area (TPSA) is 0 Å². The lowest BCUT2D eigenvalue weighted by Gasteiger charge is -2.37. The first kappa shape index (κ1) is 13.3. The lowest BCUT2D eigenvalue weighted by molar-refractivity contribution is 0.0843. The predicted molar refractivity (Wildman–Crippen MR) is 67.2 cm³/mol. The van der Waals surface area contributed by atoms with Gasteiger partial charge in [0.25, 0.3) is 0 Å². The van der Waals surface area contributed by atoms with Crippen molar-refractivity contribution in [3.8, 4) is 0 Å². The molecule has 100 valence electrons. The van der Waals surface area contributed by atoms with Gasteiger partial charge < -0.3 is 0 Å². The van der Waals surface area contributed by atoms with E-state index in [9.17, 15) is 8.78 Å². The lowest BCUT2D eigenvalue weighted by atomic mass is 9.69. The molecule has 0 aromatic carbocycles. The van der Waals surface area contributed by atoms with Crippen molar-refractivity contribution in [2.24, 2.45) is 23.7 Å². The summed E-state index contributed by atoms with van der Waals surface area (Å²) in [5.74, 6) is 3.00. The van der Waals surface area contributed by atoms with E-state index in [0.29, 0.717) is 5.92 Å². The van der Waals surface area contributed by atoms with Gasteiger partial charge in [0, 0.05) is 6.42 Å². The molecule has 2 fully saturated rings. The summed E-state index contributed by atoms with van der Waals surface area (Å²) in [6.07, 6.45) is 8.18. The van der Waals surface area contributed by atoms with Gasteiger partial charge in [0.1, 0.15) is 0 Å². The van der Waals surface area contributed by atoms with Crippen molar-refractivity contribution in [2.75, 3.05) is 0 Å². The zero-order chi connectivity index (χ0) is 12.3. The van der Waals surface area contributed by atoms with Crippen molar-refractivity contribution in [1.29, 1.82) is 0 Å². The van der Waals surface area contributed by atoms with E-state index < -0.39 is 6.43 Å². The van der Waals surface area contributed by atoms with Crippen molar-refractivity contribution in [3.05, 3.63) is 0 Å². The van der Waals surface area contributed by atoms with Crippen LogP contribution < -0.4 is 0 Å². The highest BCUT2D eigenvalue weighted by Crippen LogP contribution is 2.42. The molecule has 0 heterocycles. The van der Waals surface area contributed by atoms with E-state index in [0.717, 1.165) is 30.6 Å². The molecule has 0 bridgehead atoms. The van der Waals surface area contributed by atoms with Crippen molar-refractivity contribution in [2.45, 2.75) is 71.1 Å². The highest BCUT2D eigenvalue weighted by Gasteiger charge is 2.30. The number of halogens is 2. The summed E-state index contributed by atoms with van der Waals surface area (Å²) in [6.45, 7) is 2.36. The molecule has 0 N–H and O–H groups in total. The molecule has 0 radical (unpaired) electrons. The smallest absolute Gasteiger partial charge is 0.211 e. The second kappa shape index (κ2) is 6.15. The second-order valence-electron chi connectivity index (χ2n) is 6.43. The molecule has 0 spiro atoms. The molecule has 0 unspecified atom stereocenters. The van der Waals surface area contributed by atoms with Gasteiger partial charge in [-0.1, -0.05) is 19.8 Å². The average Bonchev–Trinajstić information content (AvgIpc) is 2.30. The summed E-state index contributed by atoms with van der Waals surface area (Å²) < 4.78 is 24.6. The maximum absolute atomic E-state index is 12.3. The van der Waals surface area contributed by atoms with Crippen LogP contribution in [0.5, 0.6) is 0 Å². The van der Waals surface area contributed by atoms with Crippen LogP contribution in [0.4, 0.5) is 8.78 Å². The molecule has 0 atom stereocenters. The van der Waals surface area contributed by atoms with E-state index in [2.05, 4.69) is 6.92 Å². The monoisotopic (exact) mass is 244 g/mol. The Kier molecular flexibility index (Phi) is 4.81. The van der Waals surface area contributed by atoms with Gasteiger partial charge in [-0.3, -0.25) is 0 Å². The number of rotatable bonds is 3. The molecular weight excluding hydrogens is 218 g/mol. The third-order valence-electron chi connectivity index (χ3n) is 5.13. The van der Waals surface area contributed by atoms with E-state index in [4.69, 9.17) is 0 Å². The first-order valence-corrected chi connectivity index (χ1v) is 7.43. The summed E-state index contributed by atoms with van der Waals surface area (Å²) in [6, 6.07) is 0.